The van der Waals surface area contributed by atoms with Crippen molar-refractivity contribution in [3.8, 4) is 0 Å². The van der Waals surface area contributed by atoms with E-state index in [1.807, 2.05) is 70.5 Å². The first-order valence-electron chi connectivity index (χ1n) is 16.9. The van der Waals surface area contributed by atoms with Gasteiger partial charge in [-0.2, -0.15) is 0 Å². The summed E-state index contributed by atoms with van der Waals surface area (Å²) in [5.74, 6) is -0.0325. The van der Waals surface area contributed by atoms with Crippen LogP contribution in [0.25, 0.3) is 11.4 Å². The van der Waals surface area contributed by atoms with Crippen molar-refractivity contribution < 1.29 is 9.59 Å². The third-order valence-corrected chi connectivity index (χ3v) is 8.75. The van der Waals surface area contributed by atoms with Gasteiger partial charge in [0, 0.05) is 13.1 Å². The molecule has 0 spiro atoms. The molecular formula is C38H52N2O2. The number of benzene rings is 2. The van der Waals surface area contributed by atoms with E-state index in [4.69, 9.17) is 0 Å². The molecule has 0 bridgehead atoms. The molecule has 2 aliphatic heterocycles. The second kappa shape index (κ2) is 17.1. The van der Waals surface area contributed by atoms with Crippen LogP contribution in [0.1, 0.15) is 128 Å². The smallest absolute Gasteiger partial charge is 0.261 e. The molecule has 2 aromatic rings. The van der Waals surface area contributed by atoms with Crippen molar-refractivity contribution in [3.63, 3.8) is 0 Å². The molecule has 42 heavy (non-hydrogen) atoms. The molecule has 4 nitrogen and oxygen atoms in total. The molecule has 226 valence electrons. The number of hydrogen-bond acceptors (Lipinski definition) is 2. The first-order valence-corrected chi connectivity index (χ1v) is 16.9. The molecule has 4 heteroatoms. The fraction of sp³-hybridized carbons (Fsp3) is 0.526. The third-order valence-electron chi connectivity index (χ3n) is 8.75. The Morgan fingerprint density at radius 1 is 0.429 bits per heavy atom. The Morgan fingerprint density at radius 3 is 1.07 bits per heavy atom. The lowest BCUT2D eigenvalue weighted by Gasteiger charge is -2.25. The average Bonchev–Trinajstić information content (AvgIpc) is 3.47. The maximum Gasteiger partial charge on any atom is 0.261 e. The number of unbranched alkanes of at least 4 members (excludes halogenated alkanes) is 14. The van der Waals surface area contributed by atoms with Crippen LogP contribution in [0.3, 0.4) is 0 Å². The highest BCUT2D eigenvalue weighted by molar-refractivity contribution is 6.30. The number of carbonyl (C=O) groups excluding carboxylic acids is 2. The lowest BCUT2D eigenvalue weighted by atomic mass is 10.0. The van der Waals surface area contributed by atoms with E-state index in [-0.39, 0.29) is 11.8 Å². The predicted octanol–water partition coefficient (Wildman–Crippen LogP) is 9.77. The Hall–Kier alpha value is -3.14. The molecule has 2 aliphatic rings. The largest absolute Gasteiger partial charge is 0.307 e. The third kappa shape index (κ3) is 8.02. The highest BCUT2D eigenvalue weighted by atomic mass is 16.2. The number of nitrogens with zero attached hydrogens (tertiary/aromatic N) is 2. The first kappa shape index (κ1) is 31.8. The zero-order valence-electron chi connectivity index (χ0n) is 26.2. The molecule has 0 radical (unpaired) electrons. The van der Waals surface area contributed by atoms with Gasteiger partial charge in [0.1, 0.15) is 0 Å². The van der Waals surface area contributed by atoms with Crippen LogP contribution in [0, 0.1) is 0 Å². The summed E-state index contributed by atoms with van der Waals surface area (Å²) < 4.78 is 0. The van der Waals surface area contributed by atoms with E-state index in [0.717, 1.165) is 48.2 Å². The quantitative estimate of drug-likeness (QED) is 0.149. The van der Waals surface area contributed by atoms with Gasteiger partial charge in [-0.05, 0) is 24.0 Å². The Morgan fingerprint density at radius 2 is 0.738 bits per heavy atom. The molecule has 0 aliphatic carbocycles. The number of fused-ring (bicyclic) bond motifs is 1. The van der Waals surface area contributed by atoms with Crippen LogP contribution in [0.2, 0.25) is 0 Å². The van der Waals surface area contributed by atoms with Crippen LogP contribution in [0.15, 0.2) is 71.8 Å². The maximum atomic E-state index is 14.2. The standard InChI is InChI=1S/C38H52N2O2/c1-3-5-7-9-11-13-15-23-29-39-35(31-25-19-17-20-26-31)33-34(37(39)41)36(32-27-21-18-22-28-32)40(38(33)42)30-24-16-14-12-10-8-6-4-2/h17-22,25-28H,3-16,23-24,29-30H2,1-2H3. The minimum absolute atomic E-state index is 0.0163. The summed E-state index contributed by atoms with van der Waals surface area (Å²) in [5, 5.41) is 0. The Labute approximate surface area is 254 Å². The fourth-order valence-corrected chi connectivity index (χ4v) is 6.42. The van der Waals surface area contributed by atoms with Crippen LogP contribution < -0.4 is 0 Å². The molecule has 2 heterocycles. The number of amides is 2. The Bertz CT molecular complexity index is 1100. The highest BCUT2D eigenvalue weighted by Crippen LogP contribution is 2.46. The van der Waals surface area contributed by atoms with Crippen LogP contribution >= 0.6 is 0 Å². The zero-order valence-corrected chi connectivity index (χ0v) is 26.2. The van der Waals surface area contributed by atoms with Gasteiger partial charge >= 0.3 is 0 Å². The average molecular weight is 569 g/mol. The Kier molecular flexibility index (Phi) is 12.9. The molecule has 0 aromatic heterocycles. The van der Waals surface area contributed by atoms with Crippen molar-refractivity contribution in [1.82, 2.24) is 9.80 Å². The van der Waals surface area contributed by atoms with E-state index in [0.29, 0.717) is 24.2 Å². The van der Waals surface area contributed by atoms with Crippen molar-refractivity contribution in [2.75, 3.05) is 13.1 Å². The van der Waals surface area contributed by atoms with Crippen molar-refractivity contribution in [2.24, 2.45) is 0 Å². The summed E-state index contributed by atoms with van der Waals surface area (Å²) >= 11 is 0. The van der Waals surface area contributed by atoms with Gasteiger partial charge in [-0.25, -0.2) is 0 Å². The summed E-state index contributed by atoms with van der Waals surface area (Å²) in [6.07, 6.45) is 19.4. The number of carbonyl (C=O) groups is 2. The molecule has 0 saturated heterocycles. The molecule has 0 N–H and O–H groups in total. The zero-order chi connectivity index (χ0) is 29.6. The van der Waals surface area contributed by atoms with Crippen molar-refractivity contribution in [3.05, 3.63) is 82.9 Å². The summed E-state index contributed by atoms with van der Waals surface area (Å²) in [6, 6.07) is 20.1. The SMILES string of the molecule is CCCCCCCCCCN1C(=O)C2=C(c3ccccc3)N(CCCCCCCCCC)C(=O)C2=C1c1ccccc1. The summed E-state index contributed by atoms with van der Waals surface area (Å²) in [6.45, 7) is 5.80. The van der Waals surface area contributed by atoms with Crippen molar-refractivity contribution in [2.45, 2.75) is 117 Å². The van der Waals surface area contributed by atoms with Gasteiger partial charge in [-0.15, -0.1) is 0 Å². The van der Waals surface area contributed by atoms with Gasteiger partial charge in [0.05, 0.1) is 22.5 Å². The topological polar surface area (TPSA) is 40.6 Å². The van der Waals surface area contributed by atoms with E-state index in [1.165, 1.54) is 77.0 Å². The molecule has 0 unspecified atom stereocenters. The highest BCUT2D eigenvalue weighted by Gasteiger charge is 2.48. The van der Waals surface area contributed by atoms with E-state index in [1.54, 1.807) is 0 Å². The molecule has 2 aromatic carbocycles. The molecule has 0 saturated carbocycles. The maximum absolute atomic E-state index is 14.2. The fourth-order valence-electron chi connectivity index (χ4n) is 6.42. The van der Waals surface area contributed by atoms with E-state index < -0.39 is 0 Å². The molecule has 0 atom stereocenters. The van der Waals surface area contributed by atoms with Gasteiger partial charge in [0.15, 0.2) is 0 Å². The summed E-state index contributed by atoms with van der Waals surface area (Å²) in [4.78, 5) is 32.3. The second-order valence-electron chi connectivity index (χ2n) is 12.0. The minimum atomic E-state index is -0.0163. The molecule has 0 fully saturated rings. The molecule has 4 rings (SSSR count). The lowest BCUT2D eigenvalue weighted by molar-refractivity contribution is -0.124. The van der Waals surface area contributed by atoms with Gasteiger partial charge in [0.2, 0.25) is 0 Å². The van der Waals surface area contributed by atoms with Crippen LogP contribution in [-0.4, -0.2) is 34.7 Å². The monoisotopic (exact) mass is 568 g/mol. The Balaban J connectivity index is 1.54. The van der Waals surface area contributed by atoms with Gasteiger partial charge in [0.25, 0.3) is 11.8 Å². The molecule has 2 amide bonds. The van der Waals surface area contributed by atoms with E-state index >= 15 is 0 Å². The van der Waals surface area contributed by atoms with Gasteiger partial charge in [-0.3, -0.25) is 9.59 Å². The van der Waals surface area contributed by atoms with E-state index in [9.17, 15) is 9.59 Å². The predicted molar refractivity (Wildman–Crippen MR) is 175 cm³/mol. The van der Waals surface area contributed by atoms with E-state index in [2.05, 4.69) is 13.8 Å². The van der Waals surface area contributed by atoms with Crippen LogP contribution in [0.4, 0.5) is 0 Å². The first-order chi connectivity index (χ1) is 20.7. The lowest BCUT2D eigenvalue weighted by Crippen LogP contribution is -2.31. The van der Waals surface area contributed by atoms with Gasteiger partial charge < -0.3 is 9.80 Å². The van der Waals surface area contributed by atoms with Crippen molar-refractivity contribution in [1.29, 1.82) is 0 Å². The molecular weight excluding hydrogens is 516 g/mol. The minimum Gasteiger partial charge on any atom is -0.307 e. The van der Waals surface area contributed by atoms with Crippen LogP contribution in [-0.2, 0) is 9.59 Å². The summed E-state index contributed by atoms with van der Waals surface area (Å²) in [5.41, 5.74) is 4.70. The number of hydrogen-bond donors (Lipinski definition) is 0. The van der Waals surface area contributed by atoms with Crippen molar-refractivity contribution >= 4 is 23.2 Å². The van der Waals surface area contributed by atoms with Crippen LogP contribution in [0.5, 0.6) is 0 Å². The second-order valence-corrected chi connectivity index (χ2v) is 12.0. The van der Waals surface area contributed by atoms with Gasteiger partial charge in [-0.1, -0.05) is 164 Å². The number of rotatable bonds is 20. The normalized spacial score (nSPS) is 15.0. The summed E-state index contributed by atoms with van der Waals surface area (Å²) in [7, 11) is 0.